The zero-order chi connectivity index (χ0) is 50.4. The molecule has 0 aliphatic carbocycles. The molecule has 3 aromatic carbocycles. The van der Waals surface area contributed by atoms with Crippen LogP contribution in [0.25, 0.3) is 0 Å². The number of aliphatic hydroxyl groups excluding tert-OH is 3. The summed E-state index contributed by atoms with van der Waals surface area (Å²) in [6.45, 7) is 0.717. The maximum absolute atomic E-state index is 12.6. The van der Waals surface area contributed by atoms with Gasteiger partial charge in [-0.2, -0.15) is 0 Å². The van der Waals surface area contributed by atoms with Crippen LogP contribution in [0.5, 0.6) is 17.2 Å². The maximum Gasteiger partial charge on any atom is 0.345 e. The highest BCUT2D eigenvalue weighted by Gasteiger charge is 2.45. The van der Waals surface area contributed by atoms with E-state index in [1.807, 2.05) is 0 Å². The number of rotatable bonds is 14. The lowest BCUT2D eigenvalue weighted by Gasteiger charge is -2.39. The van der Waals surface area contributed by atoms with E-state index in [4.69, 9.17) is 19.5 Å². The van der Waals surface area contributed by atoms with Crippen LogP contribution >= 0.6 is 34.0 Å². The van der Waals surface area contributed by atoms with Gasteiger partial charge in [-0.1, -0.05) is 36.4 Å². The number of aliphatic hydroxyl groups is 3. The number of anilines is 3. The molecule has 1 fully saturated rings. The predicted octanol–water partition coefficient (Wildman–Crippen LogP) is 4.22. The van der Waals surface area contributed by atoms with Crippen LogP contribution in [0.1, 0.15) is 38.0 Å². The number of nitrogens with one attached hydrogen (secondary N) is 3. The number of amides is 3. The molecular formula is C38H33N9O19S3. The Morgan fingerprint density at radius 1 is 0.638 bits per heavy atom. The van der Waals surface area contributed by atoms with Gasteiger partial charge in [-0.05, 0) is 70.4 Å². The summed E-state index contributed by atoms with van der Waals surface area (Å²) in [6.07, 6.45) is -4.48. The van der Waals surface area contributed by atoms with Crippen molar-refractivity contribution in [2.45, 2.75) is 37.6 Å². The van der Waals surface area contributed by atoms with Crippen LogP contribution in [0.15, 0.2) is 91.4 Å². The molecule has 0 radical (unpaired) electrons. The lowest BCUT2D eigenvalue weighted by atomic mass is 9.99. The molecule has 28 nitrogen and oxygen atoms in total. The summed E-state index contributed by atoms with van der Waals surface area (Å²) < 4.78 is 15.8. The van der Waals surface area contributed by atoms with Gasteiger partial charge in [0.1, 0.15) is 66.9 Å². The summed E-state index contributed by atoms with van der Waals surface area (Å²) in [6, 6.07) is 18.0. The fraction of sp³-hybridized carbons (Fsp3) is 0.184. The first-order valence-electron chi connectivity index (χ1n) is 18.9. The third-order valence-electron chi connectivity index (χ3n) is 8.50. The summed E-state index contributed by atoms with van der Waals surface area (Å²) in [7, 11) is 0. The van der Waals surface area contributed by atoms with E-state index in [1.165, 1.54) is 55.5 Å². The number of aromatic nitrogens is 3. The highest BCUT2D eigenvalue weighted by molar-refractivity contribution is 7.19. The lowest BCUT2D eigenvalue weighted by molar-refractivity contribution is -0.380. The molecule has 1 aliphatic rings. The standard InChI is InChI=1S/C16H17N3O10S.C12H9N3O5S.C10H7N3O4S/c20-11-9(6-27-26)29-15(13(22)12(11)21)28-8-4-2-1-3-7(8)14(23)18-16-17-5-10(30-16)19(24)25;1-7(16)20-9-5-3-2-4-8(9)11(17)14-12-13-6-10(21-12)15(18)19;14-7-4-2-1-3-6(7)9(15)12-10-11-5-8(18-10)13(16)17/h1-5,9,11-13,15,20-22,26H,6H2,(H,17,18,23);2-6H,1H3,(H,13,14,17);1-5,14H,(H,11,12,15). The quantitative estimate of drug-likeness (QED) is 0.0249. The molecule has 0 saturated carbocycles. The number of thiazole rings is 3. The zero-order valence-electron chi connectivity index (χ0n) is 34.6. The molecule has 0 spiro atoms. The Labute approximate surface area is 396 Å². The second-order valence-corrected chi connectivity index (χ2v) is 16.2. The van der Waals surface area contributed by atoms with Crippen molar-refractivity contribution < 1.29 is 78.7 Å². The number of nitrogens with zero attached hydrogens (tertiary/aromatic N) is 6. The Bertz CT molecular complexity index is 2820. The average Bonchev–Trinajstić information content (AvgIpc) is 4.11. The number of phenolic OH excluding ortho intramolecular Hbond substituents is 1. The SMILES string of the molecule is CC(=O)Oc1ccccc1C(=O)Nc1ncc([N+](=O)[O-])s1.O=C(Nc1ncc([N+](=O)[O-])s1)c1ccccc1O.O=C(Nc1ncc([N+](=O)[O-])s1)c1ccccc1OC1OC(COO)C(O)C(O)C1O. The normalized spacial score (nSPS) is 17.0. The van der Waals surface area contributed by atoms with Crippen molar-refractivity contribution in [1.82, 2.24) is 15.0 Å². The molecule has 362 valence electrons. The number of nitro groups is 3. The van der Waals surface area contributed by atoms with E-state index >= 15 is 0 Å². The van der Waals surface area contributed by atoms with Gasteiger partial charge in [-0.15, -0.1) is 0 Å². The van der Waals surface area contributed by atoms with Crippen molar-refractivity contribution in [1.29, 1.82) is 0 Å². The van der Waals surface area contributed by atoms with Gasteiger partial charge < -0.3 is 34.6 Å². The van der Waals surface area contributed by atoms with E-state index in [0.717, 1.165) is 41.3 Å². The van der Waals surface area contributed by atoms with Crippen LogP contribution in [0.4, 0.5) is 30.4 Å². The molecule has 5 unspecified atom stereocenters. The van der Waals surface area contributed by atoms with E-state index in [9.17, 15) is 69.9 Å². The molecule has 6 aromatic rings. The Kier molecular flexibility index (Phi) is 18.2. The highest BCUT2D eigenvalue weighted by atomic mass is 32.1. The number of hydrogen-bond acceptors (Lipinski definition) is 25. The largest absolute Gasteiger partial charge is 0.507 e. The Hall–Kier alpha value is -8.01. The number of benzene rings is 3. The number of carbonyl (C=O) groups is 4. The first-order valence-corrected chi connectivity index (χ1v) is 21.3. The zero-order valence-corrected chi connectivity index (χ0v) is 37.1. The fourth-order valence-corrected chi connectivity index (χ4v) is 7.27. The number of esters is 1. The van der Waals surface area contributed by atoms with Crippen molar-refractivity contribution in [3.63, 3.8) is 0 Å². The van der Waals surface area contributed by atoms with E-state index in [0.29, 0.717) is 11.3 Å². The van der Waals surface area contributed by atoms with Gasteiger partial charge in [0.2, 0.25) is 6.29 Å². The topological polar surface area (TPSA) is 411 Å². The third-order valence-corrected chi connectivity index (χ3v) is 11.1. The Morgan fingerprint density at radius 2 is 1.04 bits per heavy atom. The third kappa shape index (κ3) is 14.2. The van der Waals surface area contributed by atoms with E-state index in [-0.39, 0.29) is 64.3 Å². The van der Waals surface area contributed by atoms with Crippen molar-refractivity contribution >= 4 is 88.1 Å². The van der Waals surface area contributed by atoms with E-state index < -0.39 is 75.8 Å². The second-order valence-electron chi connectivity index (χ2n) is 13.2. The van der Waals surface area contributed by atoms with Crippen LogP contribution in [0.3, 0.4) is 0 Å². The van der Waals surface area contributed by atoms with Crippen LogP contribution in [-0.2, 0) is 14.4 Å². The highest BCUT2D eigenvalue weighted by Crippen LogP contribution is 2.31. The van der Waals surface area contributed by atoms with Gasteiger partial charge in [0, 0.05) is 6.92 Å². The fourth-order valence-electron chi connectivity index (χ4n) is 5.39. The van der Waals surface area contributed by atoms with Gasteiger partial charge in [-0.3, -0.25) is 70.7 Å². The summed E-state index contributed by atoms with van der Waals surface area (Å²) in [5, 5.41) is 86.6. The van der Waals surface area contributed by atoms with Gasteiger partial charge in [0.25, 0.3) is 17.7 Å². The number of carbonyl (C=O) groups excluding carboxylic acids is 4. The number of hydrogen-bond donors (Lipinski definition) is 8. The van der Waals surface area contributed by atoms with E-state index in [1.54, 1.807) is 24.3 Å². The summed E-state index contributed by atoms with van der Waals surface area (Å²) in [4.78, 5) is 92.4. The molecule has 31 heteroatoms. The van der Waals surface area contributed by atoms with E-state index in [2.05, 4.69) is 35.8 Å². The Balaban J connectivity index is 0.000000201. The Morgan fingerprint density at radius 3 is 1.46 bits per heavy atom. The second kappa shape index (κ2) is 24.1. The predicted molar refractivity (Wildman–Crippen MR) is 238 cm³/mol. The van der Waals surface area contributed by atoms with Crippen LogP contribution in [-0.4, -0.2) is 116 Å². The van der Waals surface area contributed by atoms with Crippen LogP contribution in [0.2, 0.25) is 0 Å². The molecule has 69 heavy (non-hydrogen) atoms. The lowest BCUT2D eigenvalue weighted by Crippen LogP contribution is -2.60. The van der Waals surface area contributed by atoms with Gasteiger partial charge in [0.15, 0.2) is 15.4 Å². The first-order chi connectivity index (χ1) is 32.9. The number of phenols is 1. The molecule has 0 bridgehead atoms. The van der Waals surface area contributed by atoms with Crippen LogP contribution in [0, 0.1) is 30.3 Å². The molecule has 1 aliphatic heterocycles. The number of aromatic hydroxyl groups is 1. The molecule has 3 amide bonds. The van der Waals surface area contributed by atoms with Crippen molar-refractivity contribution in [2.75, 3.05) is 22.6 Å². The van der Waals surface area contributed by atoms with Crippen molar-refractivity contribution in [3.8, 4) is 17.2 Å². The van der Waals surface area contributed by atoms with Crippen LogP contribution < -0.4 is 25.4 Å². The molecular weight excluding hydrogens is 983 g/mol. The maximum atomic E-state index is 12.6. The summed E-state index contributed by atoms with van der Waals surface area (Å²) in [5.41, 5.74) is 0.197. The smallest absolute Gasteiger partial charge is 0.345 e. The minimum atomic E-state index is -1.67. The van der Waals surface area contributed by atoms with Gasteiger partial charge in [0.05, 0.1) is 31.5 Å². The first kappa shape index (κ1) is 52.0. The monoisotopic (exact) mass is 1020 g/mol. The summed E-state index contributed by atoms with van der Waals surface area (Å²) >= 11 is 2.15. The van der Waals surface area contributed by atoms with Crippen molar-refractivity contribution in [3.05, 3.63) is 138 Å². The molecule has 3 aromatic heterocycles. The number of ether oxygens (including phenoxy) is 3. The summed E-state index contributed by atoms with van der Waals surface area (Å²) in [5.74, 6) is -2.50. The van der Waals surface area contributed by atoms with Gasteiger partial charge in [-0.25, -0.2) is 19.8 Å². The molecule has 4 heterocycles. The minimum absolute atomic E-state index is 0.00541. The van der Waals surface area contributed by atoms with Crippen molar-refractivity contribution in [2.24, 2.45) is 0 Å². The number of para-hydroxylation sites is 3. The average molecular weight is 1020 g/mol. The molecule has 7 rings (SSSR count). The molecule has 8 N–H and O–H groups in total. The molecule has 5 atom stereocenters. The van der Waals surface area contributed by atoms with Gasteiger partial charge >= 0.3 is 21.0 Å². The molecule has 1 saturated heterocycles. The minimum Gasteiger partial charge on any atom is -0.507 e.